The number of carbonyl (C=O) groups is 1. The lowest BCUT2D eigenvalue weighted by atomic mass is 10.1. The van der Waals surface area contributed by atoms with E-state index in [0.717, 1.165) is 25.3 Å². The lowest BCUT2D eigenvalue weighted by molar-refractivity contribution is 0.00684. The molecule has 2 aromatic heterocycles. The van der Waals surface area contributed by atoms with Crippen LogP contribution in [0.4, 0.5) is 0 Å². The smallest absolute Gasteiger partial charge is 0.341 e. The molecule has 124 valence electrons. The molecule has 1 atom stereocenters. The van der Waals surface area contributed by atoms with Gasteiger partial charge >= 0.3 is 5.97 Å². The Hall–Kier alpha value is -1.99. The maximum absolute atomic E-state index is 12.1. The molecule has 0 aromatic carbocycles. The monoisotopic (exact) mass is 318 g/mol. The van der Waals surface area contributed by atoms with E-state index in [1.165, 1.54) is 6.20 Å². The second-order valence-electron chi connectivity index (χ2n) is 6.71. The van der Waals surface area contributed by atoms with Gasteiger partial charge in [-0.1, -0.05) is 0 Å². The summed E-state index contributed by atoms with van der Waals surface area (Å²) in [6.07, 6.45) is 3.95. The van der Waals surface area contributed by atoms with Crippen LogP contribution >= 0.6 is 0 Å². The molecule has 7 nitrogen and oxygen atoms in total. The van der Waals surface area contributed by atoms with Crippen LogP contribution in [0.25, 0.3) is 5.65 Å². The maximum Gasteiger partial charge on any atom is 0.341 e. The fourth-order valence-corrected chi connectivity index (χ4v) is 2.47. The van der Waals surface area contributed by atoms with E-state index >= 15 is 0 Å². The van der Waals surface area contributed by atoms with Gasteiger partial charge in [-0.05, 0) is 20.8 Å². The van der Waals surface area contributed by atoms with Crippen molar-refractivity contribution in [2.75, 3.05) is 19.8 Å². The van der Waals surface area contributed by atoms with Gasteiger partial charge in [0.15, 0.2) is 5.65 Å². The van der Waals surface area contributed by atoms with Crippen molar-refractivity contribution in [3.05, 3.63) is 29.7 Å². The second kappa shape index (κ2) is 6.25. The molecule has 23 heavy (non-hydrogen) atoms. The van der Waals surface area contributed by atoms with E-state index in [-0.39, 0.29) is 6.04 Å². The molecule has 0 radical (unpaired) electrons. The molecular weight excluding hydrogens is 296 g/mol. The highest BCUT2D eigenvalue weighted by Gasteiger charge is 2.20. The summed E-state index contributed by atoms with van der Waals surface area (Å²) in [4.78, 5) is 16.4. The lowest BCUT2D eigenvalue weighted by Gasteiger charge is -2.22. The van der Waals surface area contributed by atoms with Crippen molar-refractivity contribution in [2.24, 2.45) is 0 Å². The van der Waals surface area contributed by atoms with Crippen molar-refractivity contribution in [3.63, 3.8) is 0 Å². The van der Waals surface area contributed by atoms with Crippen LogP contribution in [0, 0.1) is 0 Å². The molecule has 7 heteroatoms. The van der Waals surface area contributed by atoms with Crippen molar-refractivity contribution in [1.29, 1.82) is 0 Å². The number of nitrogens with zero attached hydrogens (tertiary/aromatic N) is 3. The first-order chi connectivity index (χ1) is 10.9. The average molecular weight is 318 g/mol. The molecule has 1 aliphatic heterocycles. The number of nitrogens with one attached hydrogen (secondary N) is 1. The normalized spacial score (nSPS) is 19.0. The van der Waals surface area contributed by atoms with Crippen LogP contribution in [0.1, 0.15) is 36.8 Å². The molecule has 1 N–H and O–H groups in total. The Bertz CT molecular complexity index is 699. The van der Waals surface area contributed by atoms with Crippen LogP contribution < -0.4 is 5.32 Å². The number of aromatic nitrogens is 3. The number of morpholine rings is 1. The summed E-state index contributed by atoms with van der Waals surface area (Å²) < 4.78 is 12.4. The van der Waals surface area contributed by atoms with Gasteiger partial charge in [0, 0.05) is 37.5 Å². The fraction of sp³-hybridized carbons (Fsp3) is 0.562. The molecule has 3 heterocycles. The van der Waals surface area contributed by atoms with Crippen LogP contribution in [0.2, 0.25) is 0 Å². The third kappa shape index (κ3) is 4.05. The van der Waals surface area contributed by atoms with Gasteiger partial charge in [-0.15, -0.1) is 0 Å². The standard InChI is InChI=1S/C16H22N4O3/c1-16(2,3)23-15(21)11-8-18-14-7-12(19-20(14)9-11)6-13-10-22-5-4-17-13/h7-9,13,17H,4-6,10H2,1-3H3. The van der Waals surface area contributed by atoms with E-state index < -0.39 is 11.6 Å². The van der Waals surface area contributed by atoms with Crippen molar-refractivity contribution in [1.82, 2.24) is 19.9 Å². The molecule has 1 fully saturated rings. The van der Waals surface area contributed by atoms with Crippen LogP contribution in [0.3, 0.4) is 0 Å². The first-order valence-electron chi connectivity index (χ1n) is 7.79. The van der Waals surface area contributed by atoms with E-state index in [0.29, 0.717) is 17.8 Å². The highest BCUT2D eigenvalue weighted by molar-refractivity contribution is 5.89. The first-order valence-corrected chi connectivity index (χ1v) is 7.79. The fourth-order valence-electron chi connectivity index (χ4n) is 2.47. The molecule has 0 saturated carbocycles. The van der Waals surface area contributed by atoms with Crippen LogP contribution in [-0.4, -0.2) is 52.0 Å². The summed E-state index contributed by atoms with van der Waals surface area (Å²) >= 11 is 0. The Balaban J connectivity index is 1.76. The number of rotatable bonds is 3. The zero-order valence-corrected chi connectivity index (χ0v) is 13.7. The molecule has 1 unspecified atom stereocenters. The number of hydrogen-bond acceptors (Lipinski definition) is 6. The molecule has 3 rings (SSSR count). The highest BCUT2D eigenvalue weighted by Crippen LogP contribution is 2.13. The average Bonchev–Trinajstić information content (AvgIpc) is 2.87. The predicted octanol–water partition coefficient (Wildman–Crippen LogP) is 1.22. The second-order valence-corrected chi connectivity index (χ2v) is 6.71. The van der Waals surface area contributed by atoms with Crippen LogP contribution in [0.15, 0.2) is 18.5 Å². The maximum atomic E-state index is 12.1. The van der Waals surface area contributed by atoms with Gasteiger partial charge in [0.25, 0.3) is 0 Å². The molecule has 0 bridgehead atoms. The van der Waals surface area contributed by atoms with Gasteiger partial charge in [0.2, 0.25) is 0 Å². The van der Waals surface area contributed by atoms with E-state index in [9.17, 15) is 4.79 Å². The van der Waals surface area contributed by atoms with Crippen LogP contribution in [-0.2, 0) is 15.9 Å². The Kier molecular flexibility index (Phi) is 4.32. The molecule has 0 aliphatic carbocycles. The molecule has 1 aliphatic rings. The zero-order chi connectivity index (χ0) is 16.4. The highest BCUT2D eigenvalue weighted by atomic mass is 16.6. The third-order valence-corrected chi connectivity index (χ3v) is 3.45. The Morgan fingerprint density at radius 3 is 3.04 bits per heavy atom. The minimum absolute atomic E-state index is 0.263. The SMILES string of the molecule is CC(C)(C)OC(=O)c1cnc2cc(CC3COCCN3)nn2c1. The zero-order valence-electron chi connectivity index (χ0n) is 13.7. The minimum atomic E-state index is -0.534. The molecule has 0 spiro atoms. The van der Waals surface area contributed by atoms with Gasteiger partial charge in [-0.3, -0.25) is 0 Å². The van der Waals surface area contributed by atoms with Crippen molar-refractivity contribution in [3.8, 4) is 0 Å². The number of hydrogen-bond donors (Lipinski definition) is 1. The summed E-state index contributed by atoms with van der Waals surface area (Å²) in [6.45, 7) is 7.80. The van der Waals surface area contributed by atoms with E-state index in [2.05, 4.69) is 15.4 Å². The summed E-state index contributed by atoms with van der Waals surface area (Å²) in [5, 5.41) is 7.90. The molecule has 2 aromatic rings. The molecular formula is C16H22N4O3. The van der Waals surface area contributed by atoms with Gasteiger partial charge in [0.05, 0.1) is 24.5 Å². The Labute approximate surface area is 135 Å². The van der Waals surface area contributed by atoms with Crippen LogP contribution in [0.5, 0.6) is 0 Å². The van der Waals surface area contributed by atoms with E-state index in [4.69, 9.17) is 9.47 Å². The number of ether oxygens (including phenoxy) is 2. The van der Waals surface area contributed by atoms with Crippen molar-refractivity contribution >= 4 is 11.6 Å². The van der Waals surface area contributed by atoms with Gasteiger partial charge < -0.3 is 14.8 Å². The topological polar surface area (TPSA) is 77.8 Å². The van der Waals surface area contributed by atoms with Gasteiger partial charge in [-0.2, -0.15) is 5.10 Å². The largest absolute Gasteiger partial charge is 0.456 e. The Morgan fingerprint density at radius 2 is 2.35 bits per heavy atom. The predicted molar refractivity (Wildman–Crippen MR) is 84.5 cm³/mol. The molecule has 0 amide bonds. The van der Waals surface area contributed by atoms with E-state index in [1.54, 1.807) is 10.7 Å². The molecule has 1 saturated heterocycles. The number of fused-ring (bicyclic) bond motifs is 1. The summed E-state index contributed by atoms with van der Waals surface area (Å²) in [5.41, 5.74) is 1.49. The van der Waals surface area contributed by atoms with E-state index in [1.807, 2.05) is 26.8 Å². The van der Waals surface area contributed by atoms with Crippen molar-refractivity contribution < 1.29 is 14.3 Å². The summed E-state index contributed by atoms with van der Waals surface area (Å²) in [7, 11) is 0. The third-order valence-electron chi connectivity index (χ3n) is 3.45. The quantitative estimate of drug-likeness (QED) is 0.857. The number of carbonyl (C=O) groups excluding carboxylic acids is 1. The minimum Gasteiger partial charge on any atom is -0.456 e. The number of esters is 1. The lowest BCUT2D eigenvalue weighted by Crippen LogP contribution is -2.42. The van der Waals surface area contributed by atoms with Crippen molar-refractivity contribution in [2.45, 2.75) is 38.8 Å². The summed E-state index contributed by atoms with van der Waals surface area (Å²) in [6, 6.07) is 2.19. The van der Waals surface area contributed by atoms with Gasteiger partial charge in [-0.25, -0.2) is 14.3 Å². The Morgan fingerprint density at radius 1 is 1.52 bits per heavy atom. The van der Waals surface area contributed by atoms with Gasteiger partial charge in [0.1, 0.15) is 5.60 Å². The first kappa shape index (κ1) is 15.9. The summed E-state index contributed by atoms with van der Waals surface area (Å²) in [5.74, 6) is -0.397.